The molecular weight excluding hydrogens is 422 g/mol. The van der Waals surface area contributed by atoms with Crippen LogP contribution < -0.4 is 5.32 Å². The Morgan fingerprint density at radius 2 is 2.04 bits per heavy atom. The number of anilines is 1. The van der Waals surface area contributed by atoms with Crippen LogP contribution in [0.3, 0.4) is 0 Å². The molecule has 0 saturated heterocycles. The molecule has 1 N–H and O–H groups in total. The van der Waals surface area contributed by atoms with Crippen molar-refractivity contribution < 1.29 is 9.32 Å². The molecule has 0 bridgehead atoms. The van der Waals surface area contributed by atoms with Gasteiger partial charge in [0.25, 0.3) is 5.91 Å². The maximum Gasteiger partial charge on any atom is 0.261 e. The van der Waals surface area contributed by atoms with Gasteiger partial charge in [0.15, 0.2) is 5.82 Å². The molecule has 0 aliphatic carbocycles. The first-order valence-corrected chi connectivity index (χ1v) is 9.47. The molecule has 1 amide bonds. The summed E-state index contributed by atoms with van der Waals surface area (Å²) in [4.78, 5) is 17.3. The summed E-state index contributed by atoms with van der Waals surface area (Å²) in [6.45, 7) is 1.92. The summed E-state index contributed by atoms with van der Waals surface area (Å²) in [5, 5.41) is 11.1. The average Bonchev–Trinajstić information content (AvgIpc) is 3.39. The number of nitrogens with zero attached hydrogens (tertiary/aromatic N) is 4. The third-order valence-electron chi connectivity index (χ3n) is 4.17. The van der Waals surface area contributed by atoms with Gasteiger partial charge in [-0.3, -0.25) is 4.79 Å². The van der Waals surface area contributed by atoms with Crippen LogP contribution in [0.1, 0.15) is 23.0 Å². The molecule has 7 nitrogen and oxygen atoms in total. The summed E-state index contributed by atoms with van der Waals surface area (Å²) >= 11 is 3.41. The van der Waals surface area contributed by atoms with Crippen LogP contribution >= 0.6 is 15.9 Å². The van der Waals surface area contributed by atoms with Gasteiger partial charge in [-0.25, -0.2) is 9.67 Å². The first kappa shape index (κ1) is 18.1. The molecule has 1 aromatic carbocycles. The lowest BCUT2D eigenvalue weighted by Crippen LogP contribution is -2.14. The molecule has 8 heteroatoms. The Balaban J connectivity index is 1.61. The zero-order valence-electron chi connectivity index (χ0n) is 15.0. The molecule has 4 aromatic rings. The minimum Gasteiger partial charge on any atom is -0.360 e. The van der Waals surface area contributed by atoms with E-state index in [1.807, 2.05) is 37.3 Å². The van der Waals surface area contributed by atoms with Gasteiger partial charge in [-0.1, -0.05) is 40.1 Å². The van der Waals surface area contributed by atoms with E-state index in [4.69, 9.17) is 4.52 Å². The number of aromatic nitrogens is 4. The van der Waals surface area contributed by atoms with Crippen molar-refractivity contribution in [3.05, 3.63) is 76.9 Å². The van der Waals surface area contributed by atoms with Gasteiger partial charge in [0, 0.05) is 28.9 Å². The Hall–Kier alpha value is -3.26. The molecule has 140 valence electrons. The smallest absolute Gasteiger partial charge is 0.261 e. The van der Waals surface area contributed by atoms with Crippen molar-refractivity contribution in [2.45, 2.75) is 13.3 Å². The van der Waals surface area contributed by atoms with Crippen LogP contribution in [-0.4, -0.2) is 25.8 Å². The number of rotatable bonds is 5. The van der Waals surface area contributed by atoms with E-state index in [0.717, 1.165) is 10.0 Å². The predicted octanol–water partition coefficient (Wildman–Crippen LogP) is 4.50. The summed E-state index contributed by atoms with van der Waals surface area (Å²) < 4.78 is 8.00. The van der Waals surface area contributed by atoms with Crippen LogP contribution in [0, 0.1) is 0 Å². The van der Waals surface area contributed by atoms with Crippen molar-refractivity contribution in [2.24, 2.45) is 0 Å². The van der Waals surface area contributed by atoms with Gasteiger partial charge in [-0.15, -0.1) is 0 Å². The summed E-state index contributed by atoms with van der Waals surface area (Å²) in [6.07, 6.45) is 5.63. The first-order valence-electron chi connectivity index (χ1n) is 8.67. The van der Waals surface area contributed by atoms with Gasteiger partial charge in [0.2, 0.25) is 0 Å². The van der Waals surface area contributed by atoms with E-state index >= 15 is 0 Å². The molecule has 3 heterocycles. The number of halogens is 1. The Labute approximate surface area is 169 Å². The lowest BCUT2D eigenvalue weighted by molar-refractivity contribution is 0.102. The maximum absolute atomic E-state index is 13.0. The molecule has 0 aliphatic heterocycles. The minimum atomic E-state index is -0.287. The van der Waals surface area contributed by atoms with E-state index < -0.39 is 0 Å². The molecule has 0 spiro atoms. The predicted molar refractivity (Wildman–Crippen MR) is 108 cm³/mol. The highest BCUT2D eigenvalue weighted by molar-refractivity contribution is 9.10. The standard InChI is InChI=1S/C20H16BrN5O2/c1-2-16-18(19(25-28-16)13-4-6-14(21)7-5-13)20(27)24-15-8-9-17(22-12-15)26-11-3-10-23-26/h3-12H,2H2,1H3,(H,24,27). The van der Waals surface area contributed by atoms with E-state index in [-0.39, 0.29) is 5.91 Å². The highest BCUT2D eigenvalue weighted by Gasteiger charge is 2.23. The SMILES string of the molecule is CCc1onc(-c2ccc(Br)cc2)c1C(=O)Nc1ccc(-n2cccn2)nc1. The summed E-state index contributed by atoms with van der Waals surface area (Å²) in [5.41, 5.74) is 2.33. The largest absolute Gasteiger partial charge is 0.360 e. The fourth-order valence-corrected chi connectivity index (χ4v) is 3.06. The molecule has 0 unspecified atom stereocenters. The van der Waals surface area contributed by atoms with E-state index in [9.17, 15) is 4.79 Å². The van der Waals surface area contributed by atoms with Crippen LogP contribution in [0.2, 0.25) is 0 Å². The van der Waals surface area contributed by atoms with Crippen LogP contribution in [0.4, 0.5) is 5.69 Å². The van der Waals surface area contributed by atoms with Crippen LogP contribution in [0.25, 0.3) is 17.1 Å². The first-order chi connectivity index (χ1) is 13.7. The molecule has 4 rings (SSSR count). The fourth-order valence-electron chi connectivity index (χ4n) is 2.80. The number of benzene rings is 1. The minimum absolute atomic E-state index is 0.287. The van der Waals surface area contributed by atoms with E-state index in [1.54, 1.807) is 35.4 Å². The monoisotopic (exact) mass is 437 g/mol. The van der Waals surface area contributed by atoms with Crippen molar-refractivity contribution in [3.63, 3.8) is 0 Å². The molecule has 28 heavy (non-hydrogen) atoms. The lowest BCUT2D eigenvalue weighted by atomic mass is 10.0. The maximum atomic E-state index is 13.0. The Morgan fingerprint density at radius 3 is 2.68 bits per heavy atom. The van der Waals surface area contributed by atoms with Crippen LogP contribution in [0.5, 0.6) is 0 Å². The summed E-state index contributed by atoms with van der Waals surface area (Å²) in [7, 11) is 0. The number of carbonyl (C=O) groups is 1. The molecular formula is C20H16BrN5O2. The van der Waals surface area contributed by atoms with Gasteiger partial charge < -0.3 is 9.84 Å². The normalized spacial score (nSPS) is 10.8. The highest BCUT2D eigenvalue weighted by Crippen LogP contribution is 2.28. The number of amides is 1. The van der Waals surface area contributed by atoms with E-state index in [1.165, 1.54) is 0 Å². The van der Waals surface area contributed by atoms with Crippen molar-refractivity contribution in [1.29, 1.82) is 0 Å². The Morgan fingerprint density at radius 1 is 1.21 bits per heavy atom. The number of carbonyl (C=O) groups excluding carboxylic acids is 1. The van der Waals surface area contributed by atoms with Gasteiger partial charge in [-0.2, -0.15) is 5.10 Å². The van der Waals surface area contributed by atoms with Crippen molar-refractivity contribution in [1.82, 2.24) is 19.9 Å². The van der Waals surface area contributed by atoms with Crippen LogP contribution in [0.15, 0.2) is 70.1 Å². The summed E-state index contributed by atoms with van der Waals surface area (Å²) in [6, 6.07) is 13.0. The fraction of sp³-hybridized carbons (Fsp3) is 0.100. The van der Waals surface area contributed by atoms with Gasteiger partial charge in [-0.05, 0) is 30.3 Å². The van der Waals surface area contributed by atoms with Crippen LogP contribution in [-0.2, 0) is 6.42 Å². The number of pyridine rings is 1. The molecule has 0 radical (unpaired) electrons. The van der Waals surface area contributed by atoms with Gasteiger partial charge in [0.1, 0.15) is 17.0 Å². The molecule has 0 atom stereocenters. The quantitative estimate of drug-likeness (QED) is 0.496. The van der Waals surface area contributed by atoms with Crippen molar-refractivity contribution >= 4 is 27.5 Å². The molecule has 0 fully saturated rings. The number of hydrogen-bond acceptors (Lipinski definition) is 5. The second-order valence-corrected chi connectivity index (χ2v) is 6.92. The Kier molecular flexibility index (Phi) is 5.03. The van der Waals surface area contributed by atoms with Gasteiger partial charge >= 0.3 is 0 Å². The second kappa shape index (κ2) is 7.77. The average molecular weight is 438 g/mol. The van der Waals surface area contributed by atoms with E-state index in [0.29, 0.717) is 34.9 Å². The van der Waals surface area contributed by atoms with Crippen molar-refractivity contribution in [2.75, 3.05) is 5.32 Å². The topological polar surface area (TPSA) is 85.8 Å². The summed E-state index contributed by atoms with van der Waals surface area (Å²) in [5.74, 6) is 0.916. The van der Waals surface area contributed by atoms with Gasteiger partial charge in [0.05, 0.1) is 11.9 Å². The Bertz CT molecular complexity index is 1090. The highest BCUT2D eigenvalue weighted by atomic mass is 79.9. The number of aryl methyl sites for hydroxylation is 1. The molecule has 3 aromatic heterocycles. The third-order valence-corrected chi connectivity index (χ3v) is 4.70. The molecule has 0 aliphatic rings. The number of hydrogen-bond donors (Lipinski definition) is 1. The van der Waals surface area contributed by atoms with E-state index in [2.05, 4.69) is 36.5 Å². The molecule has 0 saturated carbocycles. The number of nitrogens with one attached hydrogen (secondary N) is 1. The lowest BCUT2D eigenvalue weighted by Gasteiger charge is -2.07. The van der Waals surface area contributed by atoms with Crippen molar-refractivity contribution in [3.8, 4) is 17.1 Å². The third kappa shape index (κ3) is 3.59. The zero-order valence-corrected chi connectivity index (χ0v) is 16.5. The zero-order chi connectivity index (χ0) is 19.5. The second-order valence-electron chi connectivity index (χ2n) is 6.00.